The molecule has 2 rings (SSSR count). The predicted molar refractivity (Wildman–Crippen MR) is 54.7 cm³/mol. The maximum absolute atomic E-state index is 6.37. The number of aryl methyl sites for hydroxylation is 1. The quantitative estimate of drug-likeness (QED) is 0.731. The van der Waals surface area contributed by atoms with Crippen LogP contribution in [0.3, 0.4) is 0 Å². The summed E-state index contributed by atoms with van der Waals surface area (Å²) in [6.07, 6.45) is 5.80. The van der Waals surface area contributed by atoms with E-state index in [2.05, 4.69) is 10.2 Å². The first kappa shape index (κ1) is 9.65. The van der Waals surface area contributed by atoms with E-state index in [4.69, 9.17) is 5.73 Å². The molecule has 1 aromatic rings. The van der Waals surface area contributed by atoms with Crippen LogP contribution in [0.2, 0.25) is 0 Å². The van der Waals surface area contributed by atoms with Gasteiger partial charge in [0, 0.05) is 7.05 Å². The van der Waals surface area contributed by atoms with Gasteiger partial charge in [-0.15, -0.1) is 10.2 Å². The average Bonchev–Trinajstić information content (AvgIpc) is 2.49. The van der Waals surface area contributed by atoms with Gasteiger partial charge in [-0.3, -0.25) is 0 Å². The Morgan fingerprint density at radius 2 is 1.86 bits per heavy atom. The Bertz CT molecular complexity index is 323. The summed E-state index contributed by atoms with van der Waals surface area (Å²) in [4.78, 5) is 0. The number of nitrogens with zero attached hydrogens (tertiary/aromatic N) is 3. The summed E-state index contributed by atoms with van der Waals surface area (Å²) >= 11 is 0. The summed E-state index contributed by atoms with van der Waals surface area (Å²) in [5.74, 6) is 1.89. The zero-order chi connectivity index (χ0) is 10.2. The molecule has 78 valence electrons. The van der Waals surface area contributed by atoms with Gasteiger partial charge in [0.05, 0.1) is 5.54 Å². The minimum Gasteiger partial charge on any atom is -0.319 e. The third kappa shape index (κ3) is 1.43. The van der Waals surface area contributed by atoms with Gasteiger partial charge in [0.25, 0.3) is 0 Å². The number of hydrogen-bond acceptors (Lipinski definition) is 3. The summed E-state index contributed by atoms with van der Waals surface area (Å²) in [7, 11) is 1.99. The van der Waals surface area contributed by atoms with Gasteiger partial charge in [0.2, 0.25) is 0 Å². The molecule has 0 bridgehead atoms. The summed E-state index contributed by atoms with van der Waals surface area (Å²) < 4.78 is 2.02. The van der Waals surface area contributed by atoms with Gasteiger partial charge in [-0.1, -0.05) is 19.3 Å². The topological polar surface area (TPSA) is 56.7 Å². The van der Waals surface area contributed by atoms with Gasteiger partial charge in [0.1, 0.15) is 5.82 Å². The molecule has 1 saturated carbocycles. The lowest BCUT2D eigenvalue weighted by Crippen LogP contribution is -2.41. The first-order valence-electron chi connectivity index (χ1n) is 5.29. The van der Waals surface area contributed by atoms with Crippen LogP contribution in [0.1, 0.15) is 43.8 Å². The van der Waals surface area contributed by atoms with Gasteiger partial charge in [-0.25, -0.2) is 0 Å². The molecule has 1 aromatic heterocycles. The standard InChI is InChI=1S/C10H18N4/c1-8-12-13-9(14(8)2)10(11)6-4-3-5-7-10/h3-7,11H2,1-2H3. The van der Waals surface area contributed by atoms with E-state index in [1.54, 1.807) is 0 Å². The fourth-order valence-corrected chi connectivity index (χ4v) is 2.25. The summed E-state index contributed by atoms with van der Waals surface area (Å²) in [5.41, 5.74) is 6.14. The van der Waals surface area contributed by atoms with E-state index in [1.165, 1.54) is 19.3 Å². The van der Waals surface area contributed by atoms with Crippen molar-refractivity contribution >= 4 is 0 Å². The molecule has 4 nitrogen and oxygen atoms in total. The minimum atomic E-state index is -0.228. The van der Waals surface area contributed by atoms with E-state index in [1.807, 2.05) is 18.5 Å². The Morgan fingerprint density at radius 1 is 1.21 bits per heavy atom. The van der Waals surface area contributed by atoms with Crippen molar-refractivity contribution in [3.8, 4) is 0 Å². The molecule has 1 aliphatic rings. The van der Waals surface area contributed by atoms with E-state index in [-0.39, 0.29) is 5.54 Å². The smallest absolute Gasteiger partial charge is 0.152 e. The van der Waals surface area contributed by atoms with E-state index in [0.717, 1.165) is 24.5 Å². The van der Waals surface area contributed by atoms with Gasteiger partial charge in [-0.2, -0.15) is 0 Å². The monoisotopic (exact) mass is 194 g/mol. The van der Waals surface area contributed by atoms with Crippen molar-refractivity contribution in [2.24, 2.45) is 12.8 Å². The van der Waals surface area contributed by atoms with Crippen LogP contribution < -0.4 is 5.73 Å². The fourth-order valence-electron chi connectivity index (χ4n) is 2.25. The van der Waals surface area contributed by atoms with Gasteiger partial charge in [-0.05, 0) is 19.8 Å². The Labute approximate surface area is 84.5 Å². The summed E-state index contributed by atoms with van der Waals surface area (Å²) in [5, 5.41) is 8.27. The molecule has 14 heavy (non-hydrogen) atoms. The molecule has 0 atom stereocenters. The highest BCUT2D eigenvalue weighted by atomic mass is 15.3. The molecule has 1 heterocycles. The van der Waals surface area contributed by atoms with Crippen molar-refractivity contribution in [3.05, 3.63) is 11.6 Å². The average molecular weight is 194 g/mol. The largest absolute Gasteiger partial charge is 0.319 e. The zero-order valence-corrected chi connectivity index (χ0v) is 8.95. The lowest BCUT2D eigenvalue weighted by molar-refractivity contribution is 0.280. The molecular formula is C10H18N4. The third-order valence-electron chi connectivity index (χ3n) is 3.28. The van der Waals surface area contributed by atoms with Crippen molar-refractivity contribution in [1.82, 2.24) is 14.8 Å². The van der Waals surface area contributed by atoms with Crippen molar-refractivity contribution in [1.29, 1.82) is 0 Å². The highest BCUT2D eigenvalue weighted by molar-refractivity contribution is 5.08. The first-order valence-corrected chi connectivity index (χ1v) is 5.29. The Balaban J connectivity index is 2.32. The molecule has 4 heteroatoms. The normalized spacial score (nSPS) is 21.1. The summed E-state index contributed by atoms with van der Waals surface area (Å²) in [6, 6.07) is 0. The highest BCUT2D eigenvalue weighted by Crippen LogP contribution is 2.33. The van der Waals surface area contributed by atoms with Crippen LogP contribution in [0.4, 0.5) is 0 Å². The van der Waals surface area contributed by atoms with Crippen molar-refractivity contribution in [3.63, 3.8) is 0 Å². The Morgan fingerprint density at radius 3 is 2.36 bits per heavy atom. The van der Waals surface area contributed by atoms with Crippen LogP contribution >= 0.6 is 0 Å². The van der Waals surface area contributed by atoms with Crippen LogP contribution in [0.5, 0.6) is 0 Å². The van der Waals surface area contributed by atoms with Gasteiger partial charge >= 0.3 is 0 Å². The maximum atomic E-state index is 6.37. The SMILES string of the molecule is Cc1nnc(C2(N)CCCCC2)n1C. The molecule has 0 unspecified atom stereocenters. The number of hydrogen-bond donors (Lipinski definition) is 1. The van der Waals surface area contributed by atoms with Crippen molar-refractivity contribution < 1.29 is 0 Å². The van der Waals surface area contributed by atoms with Crippen molar-refractivity contribution in [2.75, 3.05) is 0 Å². The molecule has 0 saturated heterocycles. The minimum absolute atomic E-state index is 0.228. The van der Waals surface area contributed by atoms with Crippen LogP contribution in [0.25, 0.3) is 0 Å². The second kappa shape index (κ2) is 3.35. The second-order valence-corrected chi connectivity index (χ2v) is 4.35. The van der Waals surface area contributed by atoms with Crippen LogP contribution in [0.15, 0.2) is 0 Å². The van der Waals surface area contributed by atoms with E-state index < -0.39 is 0 Å². The molecular weight excluding hydrogens is 176 g/mol. The molecule has 2 N–H and O–H groups in total. The summed E-state index contributed by atoms with van der Waals surface area (Å²) in [6.45, 7) is 1.96. The lowest BCUT2D eigenvalue weighted by Gasteiger charge is -2.32. The number of rotatable bonds is 1. The Hall–Kier alpha value is -0.900. The van der Waals surface area contributed by atoms with E-state index in [0.29, 0.717) is 0 Å². The van der Waals surface area contributed by atoms with E-state index in [9.17, 15) is 0 Å². The number of nitrogens with two attached hydrogens (primary N) is 1. The van der Waals surface area contributed by atoms with Gasteiger partial charge < -0.3 is 10.3 Å². The third-order valence-corrected chi connectivity index (χ3v) is 3.28. The zero-order valence-electron chi connectivity index (χ0n) is 8.95. The molecule has 0 amide bonds. The van der Waals surface area contributed by atoms with Gasteiger partial charge in [0.15, 0.2) is 5.82 Å². The maximum Gasteiger partial charge on any atom is 0.152 e. The highest BCUT2D eigenvalue weighted by Gasteiger charge is 2.33. The van der Waals surface area contributed by atoms with Crippen LogP contribution in [-0.4, -0.2) is 14.8 Å². The predicted octanol–water partition coefficient (Wildman–Crippen LogP) is 1.24. The molecule has 0 aromatic carbocycles. The Kier molecular flexibility index (Phi) is 2.31. The molecule has 1 aliphatic carbocycles. The van der Waals surface area contributed by atoms with Crippen LogP contribution in [0, 0.1) is 6.92 Å². The lowest BCUT2D eigenvalue weighted by atomic mass is 9.82. The van der Waals surface area contributed by atoms with Crippen LogP contribution in [-0.2, 0) is 12.6 Å². The molecule has 1 fully saturated rings. The second-order valence-electron chi connectivity index (χ2n) is 4.35. The molecule has 0 radical (unpaired) electrons. The van der Waals surface area contributed by atoms with Crippen molar-refractivity contribution in [2.45, 2.75) is 44.6 Å². The first-order chi connectivity index (χ1) is 6.63. The number of aromatic nitrogens is 3. The molecule has 0 aliphatic heterocycles. The fraction of sp³-hybridized carbons (Fsp3) is 0.800. The molecule has 0 spiro atoms. The van der Waals surface area contributed by atoms with E-state index >= 15 is 0 Å².